The Kier molecular flexibility index (Phi) is 21.2. The van der Waals surface area contributed by atoms with Crippen molar-refractivity contribution >= 4 is 5.97 Å². The van der Waals surface area contributed by atoms with Crippen LogP contribution in [0.1, 0.15) is 162 Å². The van der Waals surface area contributed by atoms with Gasteiger partial charge in [0.25, 0.3) is 0 Å². The highest BCUT2D eigenvalue weighted by atomic mass is 16.5. The van der Waals surface area contributed by atoms with Crippen LogP contribution < -0.4 is 0 Å². The van der Waals surface area contributed by atoms with E-state index in [0.29, 0.717) is 44.1 Å². The number of allylic oxidation sites excluding steroid dienone is 2. The first-order chi connectivity index (χ1) is 21.3. The lowest BCUT2D eigenvalue weighted by Crippen LogP contribution is -2.31. The molecule has 7 nitrogen and oxygen atoms in total. The van der Waals surface area contributed by atoms with Crippen LogP contribution in [0.4, 0.5) is 0 Å². The molecule has 256 valence electrons. The number of hydrogen-bond acceptors (Lipinski definition) is 7. The molecule has 2 aliphatic rings. The predicted molar refractivity (Wildman–Crippen MR) is 177 cm³/mol. The van der Waals surface area contributed by atoms with Gasteiger partial charge < -0.3 is 29.9 Å². The van der Waals surface area contributed by atoms with Crippen molar-refractivity contribution in [3.8, 4) is 0 Å². The van der Waals surface area contributed by atoms with Gasteiger partial charge in [0, 0.05) is 12.0 Å². The molecular formula is C37H66O7. The van der Waals surface area contributed by atoms with Gasteiger partial charge in [-0.1, -0.05) is 96.1 Å². The van der Waals surface area contributed by atoms with Crippen LogP contribution in [0.3, 0.4) is 0 Å². The first-order valence-electron chi connectivity index (χ1n) is 18.2. The second-order valence-corrected chi connectivity index (χ2v) is 13.5. The number of cyclic esters (lactones) is 1. The third-order valence-electron chi connectivity index (χ3n) is 9.28. The first kappa shape index (κ1) is 38.9. The summed E-state index contributed by atoms with van der Waals surface area (Å²) < 4.78 is 11.1. The number of hydrogen-bond donors (Lipinski definition) is 4. The minimum absolute atomic E-state index is 0.209. The number of unbranched alkanes of at least 4 members (excludes halogenated alkanes) is 12. The molecule has 7 heteroatoms. The summed E-state index contributed by atoms with van der Waals surface area (Å²) in [5.41, 5.74) is 0.563. The van der Waals surface area contributed by atoms with E-state index in [1.54, 1.807) is 6.08 Å². The fourth-order valence-electron chi connectivity index (χ4n) is 6.46. The molecule has 7 atom stereocenters. The highest BCUT2D eigenvalue weighted by Gasteiger charge is 2.34. The van der Waals surface area contributed by atoms with Crippen LogP contribution in [0.5, 0.6) is 0 Å². The number of aliphatic hydroxyl groups is 4. The SMILES string of the molecule is CCCCCCCCCCCC/C=C/CCC(O)C1CCC(C(O)CCC(O)CCCCCC(O)CC2=CC(C)OC2=O)O1. The fourth-order valence-corrected chi connectivity index (χ4v) is 6.46. The summed E-state index contributed by atoms with van der Waals surface area (Å²) >= 11 is 0. The van der Waals surface area contributed by atoms with E-state index in [2.05, 4.69) is 19.1 Å². The van der Waals surface area contributed by atoms with Crippen LogP contribution in [0.15, 0.2) is 23.8 Å². The van der Waals surface area contributed by atoms with E-state index in [4.69, 9.17) is 9.47 Å². The zero-order valence-corrected chi connectivity index (χ0v) is 28.1. The summed E-state index contributed by atoms with van der Waals surface area (Å²) in [5.74, 6) is -0.325. The lowest BCUT2D eigenvalue weighted by molar-refractivity contribution is -0.139. The normalized spacial score (nSPS) is 23.2. The average Bonchev–Trinajstić information content (AvgIpc) is 3.62. The van der Waals surface area contributed by atoms with Crippen LogP contribution in [-0.2, 0) is 14.3 Å². The average molecular weight is 623 g/mol. The molecule has 1 saturated heterocycles. The van der Waals surface area contributed by atoms with Gasteiger partial charge in [0.1, 0.15) is 6.10 Å². The molecule has 0 amide bonds. The first-order valence-corrected chi connectivity index (χ1v) is 18.2. The van der Waals surface area contributed by atoms with Crippen LogP contribution in [0.25, 0.3) is 0 Å². The number of aliphatic hydroxyl groups excluding tert-OH is 4. The van der Waals surface area contributed by atoms with Gasteiger partial charge in [0.15, 0.2) is 0 Å². The van der Waals surface area contributed by atoms with Crippen molar-refractivity contribution in [1.29, 1.82) is 0 Å². The van der Waals surface area contributed by atoms with E-state index in [9.17, 15) is 25.2 Å². The number of rotatable bonds is 27. The predicted octanol–water partition coefficient (Wildman–Crippen LogP) is 7.62. The van der Waals surface area contributed by atoms with Crippen LogP contribution in [-0.4, -0.2) is 69.1 Å². The van der Waals surface area contributed by atoms with Gasteiger partial charge in [-0.05, 0) is 77.2 Å². The maximum atomic E-state index is 11.7. The monoisotopic (exact) mass is 622 g/mol. The molecule has 0 aromatic heterocycles. The number of carbonyl (C=O) groups is 1. The Balaban J connectivity index is 1.43. The van der Waals surface area contributed by atoms with Gasteiger partial charge in [-0.2, -0.15) is 0 Å². The van der Waals surface area contributed by atoms with Crippen molar-refractivity contribution in [2.75, 3.05) is 0 Å². The molecule has 2 aliphatic heterocycles. The number of carbonyl (C=O) groups excluding carboxylic acids is 1. The van der Waals surface area contributed by atoms with E-state index < -0.39 is 24.4 Å². The molecule has 0 aliphatic carbocycles. The van der Waals surface area contributed by atoms with Gasteiger partial charge in [0.05, 0.1) is 36.6 Å². The molecule has 4 N–H and O–H groups in total. The summed E-state index contributed by atoms with van der Waals surface area (Å²) in [7, 11) is 0. The molecule has 2 rings (SSSR count). The van der Waals surface area contributed by atoms with E-state index in [0.717, 1.165) is 44.9 Å². The second kappa shape index (κ2) is 24.0. The highest BCUT2D eigenvalue weighted by Crippen LogP contribution is 2.28. The maximum absolute atomic E-state index is 11.7. The second-order valence-electron chi connectivity index (χ2n) is 13.5. The molecule has 0 bridgehead atoms. The molecular weight excluding hydrogens is 556 g/mol. The van der Waals surface area contributed by atoms with Gasteiger partial charge >= 0.3 is 5.97 Å². The Hall–Kier alpha value is -1.25. The molecule has 0 saturated carbocycles. The lowest BCUT2D eigenvalue weighted by atomic mass is 9.98. The zero-order chi connectivity index (χ0) is 32.0. The van der Waals surface area contributed by atoms with E-state index >= 15 is 0 Å². The molecule has 0 spiro atoms. The summed E-state index contributed by atoms with van der Waals surface area (Å²) in [6.07, 6.45) is 26.3. The summed E-state index contributed by atoms with van der Waals surface area (Å²) in [6.45, 7) is 4.07. The summed E-state index contributed by atoms with van der Waals surface area (Å²) in [4.78, 5) is 11.7. The fraction of sp³-hybridized carbons (Fsp3) is 0.865. The molecule has 1 fully saturated rings. The van der Waals surface area contributed by atoms with E-state index in [1.807, 2.05) is 6.92 Å². The Labute approximate surface area is 268 Å². The van der Waals surface area contributed by atoms with Gasteiger partial charge in [-0.15, -0.1) is 0 Å². The van der Waals surface area contributed by atoms with E-state index in [1.165, 1.54) is 64.2 Å². The number of esters is 1. The molecule has 0 aromatic carbocycles. The third-order valence-corrected chi connectivity index (χ3v) is 9.28. The maximum Gasteiger partial charge on any atom is 0.334 e. The van der Waals surface area contributed by atoms with Gasteiger partial charge in [-0.25, -0.2) is 4.79 Å². The van der Waals surface area contributed by atoms with Crippen molar-refractivity contribution in [3.63, 3.8) is 0 Å². The van der Waals surface area contributed by atoms with Crippen molar-refractivity contribution in [2.24, 2.45) is 0 Å². The van der Waals surface area contributed by atoms with Crippen LogP contribution in [0, 0.1) is 0 Å². The van der Waals surface area contributed by atoms with Crippen molar-refractivity contribution in [2.45, 2.75) is 204 Å². The lowest BCUT2D eigenvalue weighted by Gasteiger charge is -2.22. The standard InChI is InChI=1S/C37H66O7/c1-3-4-5-6-7-8-9-10-11-12-13-14-15-19-22-33(40)35-25-26-36(44-35)34(41)24-23-31(38)20-17-16-18-21-32(39)28-30-27-29(2)43-37(30)42/h14-15,27,29,31-36,38-41H,3-13,16-26,28H2,1-2H3/b15-14+. The van der Waals surface area contributed by atoms with Gasteiger partial charge in [-0.3, -0.25) is 0 Å². The van der Waals surface area contributed by atoms with Crippen molar-refractivity contribution in [1.82, 2.24) is 0 Å². The number of ether oxygens (including phenoxy) is 2. The Morgan fingerprint density at radius 1 is 0.705 bits per heavy atom. The molecule has 44 heavy (non-hydrogen) atoms. The van der Waals surface area contributed by atoms with Crippen molar-refractivity contribution in [3.05, 3.63) is 23.8 Å². The Morgan fingerprint density at radius 2 is 1.25 bits per heavy atom. The summed E-state index contributed by atoms with van der Waals surface area (Å²) in [6, 6.07) is 0. The smallest absolute Gasteiger partial charge is 0.334 e. The largest absolute Gasteiger partial charge is 0.455 e. The molecule has 2 heterocycles. The topological polar surface area (TPSA) is 116 Å². The third kappa shape index (κ3) is 17.4. The van der Waals surface area contributed by atoms with Crippen LogP contribution >= 0.6 is 0 Å². The molecule has 0 aromatic rings. The van der Waals surface area contributed by atoms with Crippen LogP contribution in [0.2, 0.25) is 0 Å². The van der Waals surface area contributed by atoms with E-state index in [-0.39, 0.29) is 24.3 Å². The Bertz CT molecular complexity index is 797. The zero-order valence-electron chi connectivity index (χ0n) is 28.1. The molecule has 0 radical (unpaired) electrons. The highest BCUT2D eigenvalue weighted by molar-refractivity contribution is 5.90. The molecule has 7 unspecified atom stereocenters. The van der Waals surface area contributed by atoms with Crippen molar-refractivity contribution < 1.29 is 34.7 Å². The quantitative estimate of drug-likeness (QED) is 0.0423. The summed E-state index contributed by atoms with van der Waals surface area (Å²) in [5, 5.41) is 41.8. The minimum Gasteiger partial charge on any atom is -0.455 e. The minimum atomic E-state index is -0.628. The Morgan fingerprint density at radius 3 is 1.86 bits per heavy atom. The van der Waals surface area contributed by atoms with Gasteiger partial charge in [0.2, 0.25) is 0 Å².